The zero-order valence-electron chi connectivity index (χ0n) is 16.6. The SMILES string of the molecule is Cc1cccc(NC(=O)CSc2nnc(-c3ccoc3C)n2C[C@H]2CCCO2)c1. The van der Waals surface area contributed by atoms with Gasteiger partial charge in [-0.15, -0.1) is 10.2 Å². The molecule has 0 spiro atoms. The van der Waals surface area contributed by atoms with E-state index in [-0.39, 0.29) is 17.8 Å². The predicted molar refractivity (Wildman–Crippen MR) is 112 cm³/mol. The van der Waals surface area contributed by atoms with Crippen LogP contribution in [-0.4, -0.2) is 39.1 Å². The second-order valence-electron chi connectivity index (χ2n) is 7.15. The maximum atomic E-state index is 12.4. The first-order chi connectivity index (χ1) is 14.1. The van der Waals surface area contributed by atoms with Gasteiger partial charge in [0.1, 0.15) is 5.76 Å². The van der Waals surface area contributed by atoms with E-state index in [9.17, 15) is 4.79 Å². The van der Waals surface area contributed by atoms with Gasteiger partial charge in [-0.05, 0) is 50.5 Å². The summed E-state index contributed by atoms with van der Waals surface area (Å²) < 4.78 is 13.3. The van der Waals surface area contributed by atoms with E-state index in [4.69, 9.17) is 9.15 Å². The molecule has 1 fully saturated rings. The lowest BCUT2D eigenvalue weighted by atomic mass is 10.2. The number of anilines is 1. The predicted octanol–water partition coefficient (Wildman–Crippen LogP) is 4.06. The molecule has 1 amide bonds. The van der Waals surface area contributed by atoms with E-state index in [1.807, 2.05) is 48.7 Å². The fourth-order valence-corrected chi connectivity index (χ4v) is 4.17. The third kappa shape index (κ3) is 4.71. The maximum Gasteiger partial charge on any atom is 0.234 e. The van der Waals surface area contributed by atoms with Crippen LogP contribution in [0.4, 0.5) is 5.69 Å². The van der Waals surface area contributed by atoms with Gasteiger partial charge in [0.05, 0.1) is 30.2 Å². The number of hydrogen-bond acceptors (Lipinski definition) is 6. The molecular formula is C21H24N4O3S. The Morgan fingerprint density at radius 3 is 2.93 bits per heavy atom. The molecule has 1 aromatic carbocycles. The smallest absolute Gasteiger partial charge is 0.234 e. The first-order valence-electron chi connectivity index (χ1n) is 9.69. The number of hydrogen-bond donors (Lipinski definition) is 1. The number of ether oxygens (including phenoxy) is 1. The largest absolute Gasteiger partial charge is 0.469 e. The van der Waals surface area contributed by atoms with Crippen LogP contribution in [0.5, 0.6) is 0 Å². The highest BCUT2D eigenvalue weighted by Gasteiger charge is 2.23. The van der Waals surface area contributed by atoms with Gasteiger partial charge in [0.2, 0.25) is 5.91 Å². The van der Waals surface area contributed by atoms with Crippen LogP contribution in [0.15, 0.2) is 46.2 Å². The molecule has 2 aromatic heterocycles. The van der Waals surface area contributed by atoms with E-state index in [0.29, 0.717) is 11.7 Å². The fourth-order valence-electron chi connectivity index (χ4n) is 3.42. The van der Waals surface area contributed by atoms with Crippen molar-refractivity contribution in [3.8, 4) is 11.4 Å². The minimum atomic E-state index is -0.0756. The summed E-state index contributed by atoms with van der Waals surface area (Å²) in [5, 5.41) is 12.4. The summed E-state index contributed by atoms with van der Waals surface area (Å²) in [6.07, 6.45) is 3.86. The van der Waals surface area contributed by atoms with Crippen molar-refractivity contribution in [1.29, 1.82) is 0 Å². The van der Waals surface area contributed by atoms with Crippen LogP contribution in [0.1, 0.15) is 24.2 Å². The molecule has 4 rings (SSSR count). The van der Waals surface area contributed by atoms with Gasteiger partial charge in [0.25, 0.3) is 0 Å². The second-order valence-corrected chi connectivity index (χ2v) is 8.09. The van der Waals surface area contributed by atoms with Crippen LogP contribution >= 0.6 is 11.8 Å². The zero-order chi connectivity index (χ0) is 20.2. The molecule has 1 aliphatic rings. The molecule has 1 saturated heterocycles. The van der Waals surface area contributed by atoms with Crippen LogP contribution in [0.3, 0.4) is 0 Å². The van der Waals surface area contributed by atoms with Crippen molar-refractivity contribution in [3.63, 3.8) is 0 Å². The molecule has 0 aliphatic carbocycles. The molecule has 152 valence electrons. The quantitative estimate of drug-likeness (QED) is 0.589. The fraction of sp³-hybridized carbons (Fsp3) is 0.381. The first-order valence-corrected chi connectivity index (χ1v) is 10.7. The Hall–Kier alpha value is -2.58. The Bertz CT molecular complexity index is 991. The van der Waals surface area contributed by atoms with Gasteiger partial charge in [-0.3, -0.25) is 9.36 Å². The molecule has 1 atom stereocenters. The number of nitrogens with one attached hydrogen (secondary N) is 1. The summed E-state index contributed by atoms with van der Waals surface area (Å²) in [5.41, 5.74) is 2.81. The molecule has 1 N–H and O–H groups in total. The molecule has 1 aliphatic heterocycles. The van der Waals surface area contributed by atoms with E-state index in [0.717, 1.165) is 47.8 Å². The van der Waals surface area contributed by atoms with Gasteiger partial charge in [-0.25, -0.2) is 0 Å². The standard InChI is InChI=1S/C21H24N4O3S/c1-14-5-3-6-16(11-14)22-19(26)13-29-21-24-23-20(18-8-10-27-15(18)2)25(21)12-17-7-4-9-28-17/h3,5-6,8,10-11,17H,4,7,9,12-13H2,1-2H3,(H,22,26)/t17-/m1/s1. The van der Waals surface area contributed by atoms with Crippen molar-refractivity contribution in [2.24, 2.45) is 0 Å². The summed E-state index contributed by atoms with van der Waals surface area (Å²) in [6.45, 7) is 5.35. The highest BCUT2D eigenvalue weighted by molar-refractivity contribution is 7.99. The molecule has 8 heteroatoms. The Labute approximate surface area is 173 Å². The van der Waals surface area contributed by atoms with Gasteiger partial charge in [-0.1, -0.05) is 23.9 Å². The third-order valence-electron chi connectivity index (χ3n) is 4.86. The highest BCUT2D eigenvalue weighted by Crippen LogP contribution is 2.29. The van der Waals surface area contributed by atoms with Crippen molar-refractivity contribution >= 4 is 23.4 Å². The number of aryl methyl sites for hydroxylation is 2. The molecule has 29 heavy (non-hydrogen) atoms. The summed E-state index contributed by atoms with van der Waals surface area (Å²) in [4.78, 5) is 12.4. The Balaban J connectivity index is 1.49. The lowest BCUT2D eigenvalue weighted by molar-refractivity contribution is -0.113. The lowest BCUT2D eigenvalue weighted by Gasteiger charge is -2.14. The van der Waals surface area contributed by atoms with E-state index in [2.05, 4.69) is 15.5 Å². The van der Waals surface area contributed by atoms with Crippen LogP contribution in [0.25, 0.3) is 11.4 Å². The van der Waals surface area contributed by atoms with Gasteiger partial charge in [0, 0.05) is 12.3 Å². The number of nitrogens with zero attached hydrogens (tertiary/aromatic N) is 3. The average Bonchev–Trinajstić information content (AvgIpc) is 3.42. The van der Waals surface area contributed by atoms with E-state index in [1.165, 1.54) is 11.8 Å². The summed E-state index contributed by atoms with van der Waals surface area (Å²) in [5.74, 6) is 1.71. The van der Waals surface area contributed by atoms with E-state index >= 15 is 0 Å². The van der Waals surface area contributed by atoms with Gasteiger partial charge >= 0.3 is 0 Å². The Kier molecular flexibility index (Phi) is 6.01. The molecular weight excluding hydrogens is 388 g/mol. The molecule has 3 aromatic rings. The van der Waals surface area contributed by atoms with Gasteiger partial charge in [0.15, 0.2) is 11.0 Å². The molecule has 0 bridgehead atoms. The third-order valence-corrected chi connectivity index (χ3v) is 5.83. The number of thioether (sulfide) groups is 1. The molecule has 0 saturated carbocycles. The normalized spacial score (nSPS) is 16.3. The first kappa shape index (κ1) is 19.7. The topological polar surface area (TPSA) is 82.2 Å². The molecule has 0 radical (unpaired) electrons. The second kappa shape index (κ2) is 8.84. The minimum Gasteiger partial charge on any atom is -0.469 e. The number of amides is 1. The van der Waals surface area contributed by atoms with Crippen molar-refractivity contribution in [3.05, 3.63) is 47.9 Å². The number of aromatic nitrogens is 3. The van der Waals surface area contributed by atoms with E-state index < -0.39 is 0 Å². The molecule has 0 unspecified atom stereocenters. The number of benzene rings is 1. The number of carbonyl (C=O) groups excluding carboxylic acids is 1. The highest BCUT2D eigenvalue weighted by atomic mass is 32.2. The summed E-state index contributed by atoms with van der Waals surface area (Å²) in [6, 6.07) is 9.65. The van der Waals surface area contributed by atoms with Crippen molar-refractivity contribution in [2.75, 3.05) is 17.7 Å². The summed E-state index contributed by atoms with van der Waals surface area (Å²) in [7, 11) is 0. The van der Waals surface area contributed by atoms with Crippen molar-refractivity contribution in [1.82, 2.24) is 14.8 Å². The Morgan fingerprint density at radius 1 is 1.31 bits per heavy atom. The van der Waals surface area contributed by atoms with Crippen molar-refractivity contribution < 1.29 is 13.9 Å². The average molecular weight is 413 g/mol. The van der Waals surface area contributed by atoms with Crippen LogP contribution in [0, 0.1) is 13.8 Å². The Morgan fingerprint density at radius 2 is 2.21 bits per heavy atom. The number of carbonyl (C=O) groups is 1. The van der Waals surface area contributed by atoms with Gasteiger partial charge < -0.3 is 14.5 Å². The summed E-state index contributed by atoms with van der Waals surface area (Å²) >= 11 is 1.38. The van der Waals surface area contributed by atoms with Gasteiger partial charge in [-0.2, -0.15) is 0 Å². The maximum absolute atomic E-state index is 12.4. The van der Waals surface area contributed by atoms with Crippen molar-refractivity contribution in [2.45, 2.75) is 44.5 Å². The molecule has 7 nitrogen and oxygen atoms in total. The molecule has 3 heterocycles. The number of furan rings is 1. The number of rotatable bonds is 7. The lowest BCUT2D eigenvalue weighted by Crippen LogP contribution is -2.18. The minimum absolute atomic E-state index is 0.0756. The zero-order valence-corrected chi connectivity index (χ0v) is 17.4. The van der Waals surface area contributed by atoms with Crippen LogP contribution in [0.2, 0.25) is 0 Å². The van der Waals surface area contributed by atoms with E-state index in [1.54, 1.807) is 6.26 Å². The monoisotopic (exact) mass is 412 g/mol. The van der Waals surface area contributed by atoms with Crippen LogP contribution in [-0.2, 0) is 16.1 Å². The van der Waals surface area contributed by atoms with Crippen LogP contribution < -0.4 is 5.32 Å².